The van der Waals surface area contributed by atoms with Crippen LogP contribution in [0.3, 0.4) is 0 Å². The van der Waals surface area contributed by atoms with Gasteiger partial charge < -0.3 is 25.0 Å². The first-order valence-electron chi connectivity index (χ1n) is 10.5. The third-order valence-corrected chi connectivity index (χ3v) is 7.78. The van der Waals surface area contributed by atoms with E-state index in [1.165, 1.54) is 0 Å². The van der Waals surface area contributed by atoms with Crippen molar-refractivity contribution in [1.82, 2.24) is 15.0 Å². The van der Waals surface area contributed by atoms with Gasteiger partial charge in [0.1, 0.15) is 11.8 Å². The number of hydrogen-bond acceptors (Lipinski definition) is 9. The van der Waals surface area contributed by atoms with Crippen LogP contribution < -0.4 is 5.32 Å². The fourth-order valence-corrected chi connectivity index (χ4v) is 5.91. The van der Waals surface area contributed by atoms with E-state index in [0.29, 0.717) is 29.7 Å². The van der Waals surface area contributed by atoms with Crippen LogP contribution in [0.25, 0.3) is 20.8 Å². The van der Waals surface area contributed by atoms with Crippen LogP contribution in [0.15, 0.2) is 12.4 Å². The van der Waals surface area contributed by atoms with E-state index in [0.717, 1.165) is 31.8 Å². The summed E-state index contributed by atoms with van der Waals surface area (Å²) < 4.78 is 12.0. The van der Waals surface area contributed by atoms with Crippen LogP contribution in [-0.4, -0.2) is 56.3 Å². The van der Waals surface area contributed by atoms with E-state index in [1.807, 2.05) is 13.8 Å². The molecule has 5 rings (SSSR count). The zero-order valence-electron chi connectivity index (χ0n) is 18.2. The van der Waals surface area contributed by atoms with Crippen LogP contribution >= 0.6 is 22.9 Å². The van der Waals surface area contributed by atoms with Gasteiger partial charge >= 0.3 is 0 Å². The Morgan fingerprint density at radius 3 is 2.75 bits per heavy atom. The fourth-order valence-electron chi connectivity index (χ4n) is 4.40. The van der Waals surface area contributed by atoms with Crippen molar-refractivity contribution in [3.05, 3.63) is 34.1 Å². The molecule has 3 N–H and O–H groups in total. The molecule has 0 amide bonds. The zero-order chi connectivity index (χ0) is 22.8. The highest BCUT2D eigenvalue weighted by Crippen LogP contribution is 2.42. The Hall–Kier alpha value is -1.88. The molecule has 2 fully saturated rings. The molecule has 0 radical (unpaired) electrons. The number of pyridine rings is 1. The Labute approximate surface area is 194 Å². The molecule has 32 heavy (non-hydrogen) atoms. The quantitative estimate of drug-likeness (QED) is 0.524. The van der Waals surface area contributed by atoms with Crippen LogP contribution in [0.5, 0.6) is 0 Å². The molecule has 4 atom stereocenters. The number of ether oxygens (including phenoxy) is 2. The van der Waals surface area contributed by atoms with Crippen LogP contribution in [0.2, 0.25) is 5.02 Å². The van der Waals surface area contributed by atoms with Crippen molar-refractivity contribution in [2.45, 2.75) is 64.3 Å². The van der Waals surface area contributed by atoms with E-state index in [2.05, 4.69) is 20.3 Å². The van der Waals surface area contributed by atoms with Crippen LogP contribution in [-0.2, 0) is 15.1 Å². The smallest absolute Gasteiger partial charge is 0.223 e. The van der Waals surface area contributed by atoms with Gasteiger partial charge in [-0.25, -0.2) is 9.97 Å². The molecule has 2 aliphatic heterocycles. The molecule has 0 spiro atoms. The number of aromatic nitrogens is 3. The first kappa shape index (κ1) is 21.9. The van der Waals surface area contributed by atoms with Gasteiger partial charge in [0.25, 0.3) is 0 Å². The largest absolute Gasteiger partial charge is 0.386 e. The van der Waals surface area contributed by atoms with E-state index < -0.39 is 18.0 Å². The number of fused-ring (bicyclic) bond motifs is 3. The Bertz CT molecular complexity index is 1190. The zero-order valence-corrected chi connectivity index (χ0v) is 19.8. The maximum atomic E-state index is 10.5. The summed E-state index contributed by atoms with van der Waals surface area (Å²) in [5, 5.41) is 24.7. The van der Waals surface area contributed by atoms with Gasteiger partial charge in [-0.3, -0.25) is 4.98 Å². The standard InChI is InChI=1S/C22H25ClN4O4S/c1-9-12(22(3,4)29)6-24-15-10(2)19(32-18(9)15)16-13(23)7-25-21(27-16)26-14-5-11-8-30-20(31-11)17(14)28/h6-7,11,14,17,20,28-29H,5,8H2,1-4H3,(H,25,26,27)/t11-,14+,17-,20+/m0/s1. The van der Waals surface area contributed by atoms with Gasteiger partial charge in [0.15, 0.2) is 6.29 Å². The number of anilines is 1. The van der Waals surface area contributed by atoms with Crippen molar-refractivity contribution in [3.63, 3.8) is 0 Å². The molecule has 10 heteroatoms. The number of hydrogen-bond donors (Lipinski definition) is 3. The lowest BCUT2D eigenvalue weighted by Gasteiger charge is -2.32. The number of aliphatic hydroxyl groups excluding tert-OH is 1. The molecule has 2 bridgehead atoms. The monoisotopic (exact) mass is 476 g/mol. The number of nitrogens with zero attached hydrogens (tertiary/aromatic N) is 3. The second-order valence-electron chi connectivity index (χ2n) is 8.92. The number of rotatable bonds is 4. The summed E-state index contributed by atoms with van der Waals surface area (Å²) in [5.41, 5.74) is 3.24. The summed E-state index contributed by atoms with van der Waals surface area (Å²) in [6, 6.07) is -0.281. The molecule has 170 valence electrons. The number of aryl methyl sites for hydroxylation is 2. The first-order chi connectivity index (χ1) is 15.1. The van der Waals surface area contributed by atoms with Crippen LogP contribution in [0, 0.1) is 13.8 Å². The summed E-state index contributed by atoms with van der Waals surface area (Å²) >= 11 is 8.05. The molecule has 0 aliphatic carbocycles. The van der Waals surface area contributed by atoms with Gasteiger partial charge in [-0.05, 0) is 45.2 Å². The lowest BCUT2D eigenvalue weighted by molar-refractivity contribution is -0.156. The van der Waals surface area contributed by atoms with Gasteiger partial charge in [0.05, 0.1) is 50.7 Å². The third-order valence-electron chi connectivity index (χ3n) is 6.10. The minimum Gasteiger partial charge on any atom is -0.386 e. The predicted octanol–water partition coefficient (Wildman–Crippen LogP) is 3.54. The highest BCUT2D eigenvalue weighted by atomic mass is 35.5. The molecule has 2 saturated heterocycles. The lowest BCUT2D eigenvalue weighted by Crippen LogP contribution is -2.48. The minimum absolute atomic E-state index is 0.0449. The van der Waals surface area contributed by atoms with Crippen molar-refractivity contribution in [1.29, 1.82) is 0 Å². The molecule has 0 saturated carbocycles. The van der Waals surface area contributed by atoms with E-state index in [-0.39, 0.29) is 12.1 Å². The van der Waals surface area contributed by atoms with Crippen molar-refractivity contribution in [2.75, 3.05) is 11.9 Å². The normalized spacial score (nSPS) is 25.5. The summed E-state index contributed by atoms with van der Waals surface area (Å²) in [4.78, 5) is 14.5. The van der Waals surface area contributed by atoms with E-state index in [1.54, 1.807) is 37.6 Å². The second kappa shape index (κ2) is 7.86. The molecule has 3 aromatic rings. The van der Waals surface area contributed by atoms with E-state index >= 15 is 0 Å². The van der Waals surface area contributed by atoms with Crippen molar-refractivity contribution in [3.8, 4) is 10.6 Å². The molecule has 5 heterocycles. The molecule has 0 aromatic carbocycles. The van der Waals surface area contributed by atoms with Gasteiger partial charge in [0, 0.05) is 11.8 Å². The maximum Gasteiger partial charge on any atom is 0.223 e. The highest BCUT2D eigenvalue weighted by molar-refractivity contribution is 7.22. The molecular weight excluding hydrogens is 452 g/mol. The van der Waals surface area contributed by atoms with Gasteiger partial charge in [-0.15, -0.1) is 11.3 Å². The summed E-state index contributed by atoms with van der Waals surface area (Å²) in [5.74, 6) is 0.383. The highest BCUT2D eigenvalue weighted by Gasteiger charge is 2.43. The Balaban J connectivity index is 1.52. The molecule has 2 aliphatic rings. The fraction of sp³-hybridized carbons (Fsp3) is 0.500. The SMILES string of the molecule is Cc1c(-c2nc(N[C@@H]3C[C@H]4CO[C@H](O4)[C@H]3O)ncc2Cl)sc2c(C)c(C(C)(C)O)cnc12. The molecule has 0 unspecified atom stereocenters. The Morgan fingerprint density at radius 2 is 2.00 bits per heavy atom. The van der Waals surface area contributed by atoms with Crippen LogP contribution in [0.4, 0.5) is 5.95 Å². The Kier molecular flexibility index (Phi) is 5.39. The predicted molar refractivity (Wildman–Crippen MR) is 123 cm³/mol. The van der Waals surface area contributed by atoms with Crippen molar-refractivity contribution >= 4 is 39.1 Å². The summed E-state index contributed by atoms with van der Waals surface area (Å²) in [7, 11) is 0. The minimum atomic E-state index is -0.985. The van der Waals surface area contributed by atoms with E-state index in [4.69, 9.17) is 21.1 Å². The van der Waals surface area contributed by atoms with Crippen molar-refractivity contribution in [2.24, 2.45) is 0 Å². The van der Waals surface area contributed by atoms with Gasteiger partial charge in [-0.1, -0.05) is 11.6 Å². The molecule has 8 nitrogen and oxygen atoms in total. The number of aliphatic hydroxyl groups is 2. The van der Waals surface area contributed by atoms with Gasteiger partial charge in [-0.2, -0.15) is 0 Å². The lowest BCUT2D eigenvalue weighted by atomic mass is 9.95. The maximum absolute atomic E-state index is 10.5. The first-order valence-corrected chi connectivity index (χ1v) is 11.7. The number of halogens is 1. The second-order valence-corrected chi connectivity index (χ2v) is 10.3. The number of thiophene rings is 1. The summed E-state index contributed by atoms with van der Waals surface area (Å²) in [6.07, 6.45) is 2.42. The average Bonchev–Trinajstić information content (AvgIpc) is 3.29. The molecule has 3 aromatic heterocycles. The third kappa shape index (κ3) is 3.67. The average molecular weight is 477 g/mol. The van der Waals surface area contributed by atoms with Crippen LogP contribution in [0.1, 0.15) is 37.0 Å². The summed E-state index contributed by atoms with van der Waals surface area (Å²) in [6.45, 7) is 7.98. The van der Waals surface area contributed by atoms with Crippen molar-refractivity contribution < 1.29 is 19.7 Å². The Morgan fingerprint density at radius 1 is 1.22 bits per heavy atom. The van der Waals surface area contributed by atoms with Gasteiger partial charge in [0.2, 0.25) is 5.95 Å². The van der Waals surface area contributed by atoms with E-state index in [9.17, 15) is 10.2 Å². The molecular formula is C22H25ClN4O4S. The topological polar surface area (TPSA) is 110 Å². The number of nitrogens with one attached hydrogen (secondary N) is 1.